The molecule has 1 aromatic rings. The molecule has 3 heteroatoms. The van der Waals surface area contributed by atoms with Crippen LogP contribution in [0.25, 0.3) is 0 Å². The predicted molar refractivity (Wildman–Crippen MR) is 78.6 cm³/mol. The van der Waals surface area contributed by atoms with Crippen molar-refractivity contribution in [2.45, 2.75) is 32.6 Å². The average molecular weight is 275 g/mol. The summed E-state index contributed by atoms with van der Waals surface area (Å²) in [5.74, 6) is 2.10. The van der Waals surface area contributed by atoms with Crippen LogP contribution in [0.5, 0.6) is 0 Å². The van der Waals surface area contributed by atoms with Gasteiger partial charge in [0.25, 0.3) is 0 Å². The molecular weight excluding hydrogens is 253 g/mol. The Morgan fingerprint density at radius 2 is 2.15 bits per heavy atom. The first-order chi connectivity index (χ1) is 9.54. The number of rotatable bonds is 4. The van der Waals surface area contributed by atoms with Gasteiger partial charge in [-0.2, -0.15) is 0 Å². The number of carbonyl (C=O) groups is 1. The Hall–Kier alpha value is -1.38. The molecule has 2 aliphatic rings. The maximum absolute atomic E-state index is 14.1. The van der Waals surface area contributed by atoms with Gasteiger partial charge in [-0.05, 0) is 62.1 Å². The van der Waals surface area contributed by atoms with Crippen LogP contribution in [0.15, 0.2) is 18.2 Å². The third kappa shape index (κ3) is 2.46. The van der Waals surface area contributed by atoms with Gasteiger partial charge in [0, 0.05) is 19.2 Å². The van der Waals surface area contributed by atoms with Crippen molar-refractivity contribution in [1.29, 1.82) is 0 Å². The molecule has 0 spiro atoms. The van der Waals surface area contributed by atoms with Gasteiger partial charge in [-0.3, -0.25) is 4.79 Å². The Balaban J connectivity index is 1.71. The summed E-state index contributed by atoms with van der Waals surface area (Å²) in [6.45, 7) is 2.39. The van der Waals surface area contributed by atoms with Crippen molar-refractivity contribution < 1.29 is 9.18 Å². The van der Waals surface area contributed by atoms with Crippen LogP contribution < -0.4 is 4.90 Å². The van der Waals surface area contributed by atoms with Gasteiger partial charge in [0.2, 0.25) is 0 Å². The molecule has 0 saturated heterocycles. The topological polar surface area (TPSA) is 20.3 Å². The van der Waals surface area contributed by atoms with E-state index in [1.54, 1.807) is 12.1 Å². The van der Waals surface area contributed by atoms with Crippen LogP contribution in [0, 0.1) is 23.6 Å². The second kappa shape index (κ2) is 5.19. The molecule has 0 aliphatic heterocycles. The summed E-state index contributed by atoms with van der Waals surface area (Å²) in [6.07, 6.45) is 5.44. The van der Waals surface area contributed by atoms with Crippen LogP contribution in [-0.4, -0.2) is 19.4 Å². The lowest BCUT2D eigenvalue weighted by Crippen LogP contribution is -2.29. The molecule has 3 atom stereocenters. The third-order valence-corrected chi connectivity index (χ3v) is 5.16. The molecule has 0 aromatic heterocycles. The number of halogens is 1. The highest BCUT2D eigenvalue weighted by Gasteiger charge is 2.39. The quantitative estimate of drug-likeness (QED) is 0.777. The van der Waals surface area contributed by atoms with Gasteiger partial charge in [-0.25, -0.2) is 4.39 Å². The molecule has 0 heterocycles. The van der Waals surface area contributed by atoms with E-state index in [4.69, 9.17) is 0 Å². The standard InChI is InChI=1S/C17H22FNO/c1-11(20)13-5-6-17(16(18)9-13)19(2)10-15-8-12-3-4-14(15)7-12/h5-6,9,12,14-15H,3-4,7-8,10H2,1-2H3. The molecule has 108 valence electrons. The van der Waals surface area contributed by atoms with Crippen LogP contribution in [0.1, 0.15) is 43.0 Å². The highest BCUT2D eigenvalue weighted by Crippen LogP contribution is 2.48. The molecule has 3 unspecified atom stereocenters. The summed E-state index contributed by atoms with van der Waals surface area (Å²) in [5.41, 5.74) is 1.05. The minimum atomic E-state index is -0.289. The summed E-state index contributed by atoms with van der Waals surface area (Å²) >= 11 is 0. The highest BCUT2D eigenvalue weighted by molar-refractivity contribution is 5.94. The Labute approximate surface area is 120 Å². The van der Waals surface area contributed by atoms with E-state index in [0.29, 0.717) is 17.2 Å². The fraction of sp³-hybridized carbons (Fsp3) is 0.588. The molecule has 3 rings (SSSR count). The van der Waals surface area contributed by atoms with Crippen LogP contribution >= 0.6 is 0 Å². The Morgan fingerprint density at radius 1 is 1.35 bits per heavy atom. The molecule has 0 amide bonds. The van der Waals surface area contributed by atoms with E-state index in [9.17, 15) is 9.18 Å². The van der Waals surface area contributed by atoms with Gasteiger partial charge in [0.05, 0.1) is 5.69 Å². The average Bonchev–Trinajstić information content (AvgIpc) is 3.00. The van der Waals surface area contributed by atoms with Gasteiger partial charge >= 0.3 is 0 Å². The van der Waals surface area contributed by atoms with E-state index in [-0.39, 0.29) is 11.6 Å². The molecule has 2 fully saturated rings. The smallest absolute Gasteiger partial charge is 0.159 e. The SMILES string of the molecule is CC(=O)c1ccc(N(C)CC2CC3CCC2C3)c(F)c1. The molecule has 2 bridgehead atoms. The molecule has 2 nitrogen and oxygen atoms in total. The maximum atomic E-state index is 14.1. The molecular formula is C17H22FNO. The van der Waals surface area contributed by atoms with E-state index < -0.39 is 0 Å². The summed E-state index contributed by atoms with van der Waals surface area (Å²) in [4.78, 5) is 13.3. The lowest BCUT2D eigenvalue weighted by Gasteiger charge is -2.28. The van der Waals surface area contributed by atoms with E-state index in [1.165, 1.54) is 38.7 Å². The van der Waals surface area contributed by atoms with Crippen LogP contribution in [0.4, 0.5) is 10.1 Å². The number of carbonyl (C=O) groups excluding carboxylic acids is 1. The first-order valence-corrected chi connectivity index (χ1v) is 7.56. The maximum Gasteiger partial charge on any atom is 0.159 e. The van der Waals surface area contributed by atoms with Gasteiger partial charge in [0.1, 0.15) is 5.82 Å². The number of nitrogens with zero attached hydrogens (tertiary/aromatic N) is 1. The minimum Gasteiger partial charge on any atom is -0.372 e. The number of Topliss-reactive ketones (excluding diaryl/α,β-unsaturated/α-hetero) is 1. The zero-order valence-electron chi connectivity index (χ0n) is 12.2. The fourth-order valence-corrected chi connectivity index (χ4v) is 4.09. The van der Waals surface area contributed by atoms with Crippen molar-refractivity contribution >= 4 is 11.5 Å². The summed E-state index contributed by atoms with van der Waals surface area (Å²) in [6, 6.07) is 4.81. The molecule has 2 aliphatic carbocycles. The summed E-state index contributed by atoms with van der Waals surface area (Å²) in [5, 5.41) is 0. The zero-order valence-corrected chi connectivity index (χ0v) is 12.2. The van der Waals surface area contributed by atoms with Crippen LogP contribution in [0.2, 0.25) is 0 Å². The largest absolute Gasteiger partial charge is 0.372 e. The second-order valence-electron chi connectivity index (χ2n) is 6.54. The number of fused-ring (bicyclic) bond motifs is 2. The van der Waals surface area contributed by atoms with Crippen LogP contribution in [-0.2, 0) is 0 Å². The molecule has 0 N–H and O–H groups in total. The van der Waals surface area contributed by atoms with Crippen LogP contribution in [0.3, 0.4) is 0 Å². The number of ketones is 1. The molecule has 20 heavy (non-hydrogen) atoms. The molecule has 2 saturated carbocycles. The minimum absolute atomic E-state index is 0.0915. The monoisotopic (exact) mass is 275 g/mol. The normalized spacial score (nSPS) is 27.9. The number of benzene rings is 1. The number of hydrogen-bond acceptors (Lipinski definition) is 2. The van der Waals surface area contributed by atoms with Gasteiger partial charge < -0.3 is 4.90 Å². The van der Waals surface area contributed by atoms with Crippen molar-refractivity contribution in [3.05, 3.63) is 29.6 Å². The Kier molecular flexibility index (Phi) is 3.53. The van der Waals surface area contributed by atoms with Gasteiger partial charge in [-0.1, -0.05) is 6.42 Å². The van der Waals surface area contributed by atoms with Crippen molar-refractivity contribution in [2.75, 3.05) is 18.5 Å². The third-order valence-electron chi connectivity index (χ3n) is 5.16. The number of anilines is 1. The highest BCUT2D eigenvalue weighted by atomic mass is 19.1. The van der Waals surface area contributed by atoms with Crippen molar-refractivity contribution in [2.24, 2.45) is 17.8 Å². The predicted octanol–water partition coefficient (Wildman–Crippen LogP) is 3.90. The van der Waals surface area contributed by atoms with Crippen molar-refractivity contribution in [1.82, 2.24) is 0 Å². The first-order valence-electron chi connectivity index (χ1n) is 7.56. The molecule has 1 aromatic carbocycles. The van der Waals surface area contributed by atoms with E-state index in [0.717, 1.165) is 18.4 Å². The lowest BCUT2D eigenvalue weighted by molar-refractivity contribution is 0.101. The lowest BCUT2D eigenvalue weighted by atomic mass is 9.88. The zero-order chi connectivity index (χ0) is 14.3. The van der Waals surface area contributed by atoms with Crippen molar-refractivity contribution in [3.63, 3.8) is 0 Å². The number of hydrogen-bond donors (Lipinski definition) is 0. The Bertz CT molecular complexity index is 528. The van der Waals surface area contributed by atoms with E-state index in [1.807, 2.05) is 11.9 Å². The molecule has 0 radical (unpaired) electrons. The van der Waals surface area contributed by atoms with E-state index in [2.05, 4.69) is 0 Å². The van der Waals surface area contributed by atoms with Gasteiger partial charge in [-0.15, -0.1) is 0 Å². The van der Waals surface area contributed by atoms with Gasteiger partial charge in [0.15, 0.2) is 5.78 Å². The van der Waals surface area contributed by atoms with E-state index >= 15 is 0 Å². The summed E-state index contributed by atoms with van der Waals surface area (Å²) in [7, 11) is 1.96. The van der Waals surface area contributed by atoms with Crippen molar-refractivity contribution in [3.8, 4) is 0 Å². The Morgan fingerprint density at radius 3 is 2.70 bits per heavy atom. The summed E-state index contributed by atoms with van der Waals surface area (Å²) < 4.78 is 14.1. The fourth-order valence-electron chi connectivity index (χ4n) is 4.09. The first kappa shape index (κ1) is 13.6. The second-order valence-corrected chi connectivity index (χ2v) is 6.54.